The van der Waals surface area contributed by atoms with Crippen LogP contribution >= 0.6 is 0 Å². The minimum Gasteiger partial charge on any atom is -0.507 e. The molecule has 6 heteroatoms. The average Bonchev–Trinajstić information content (AvgIpc) is 3.05. The van der Waals surface area contributed by atoms with Gasteiger partial charge in [0.25, 0.3) is 11.7 Å². The van der Waals surface area contributed by atoms with Crippen molar-refractivity contribution in [1.82, 2.24) is 4.90 Å². The van der Waals surface area contributed by atoms with Crippen LogP contribution in [0.4, 0.5) is 0 Å². The van der Waals surface area contributed by atoms with Crippen molar-refractivity contribution in [1.29, 1.82) is 0 Å². The maximum atomic E-state index is 13.0. The molecule has 1 amide bonds. The molecule has 1 saturated heterocycles. The standard InChI is InChI=1S/C26H31NO5/c1-4-16-32-21-13-11-20(12-14-21)24(28)22-23(19-9-6-5-7-10-19)27(26(30)25(22)29)15-8-17-31-18(2)3/h5-7,9-14,18,23,28H,4,8,15-17H2,1-3H3/b24-22-. The zero-order valence-corrected chi connectivity index (χ0v) is 18.9. The number of likely N-dealkylation sites (tertiary alicyclic amines) is 1. The zero-order valence-electron chi connectivity index (χ0n) is 18.9. The van der Waals surface area contributed by atoms with E-state index in [2.05, 4.69) is 0 Å². The van der Waals surface area contributed by atoms with Crippen LogP contribution in [-0.4, -0.2) is 47.6 Å². The third kappa shape index (κ3) is 5.37. The predicted octanol–water partition coefficient (Wildman–Crippen LogP) is 4.71. The van der Waals surface area contributed by atoms with E-state index in [0.717, 1.165) is 12.0 Å². The summed E-state index contributed by atoms with van der Waals surface area (Å²) in [6.45, 7) is 7.38. The summed E-state index contributed by atoms with van der Waals surface area (Å²) < 4.78 is 11.2. The highest BCUT2D eigenvalue weighted by molar-refractivity contribution is 6.46. The van der Waals surface area contributed by atoms with Gasteiger partial charge in [-0.05, 0) is 56.5 Å². The number of carbonyl (C=O) groups is 2. The number of carbonyl (C=O) groups excluding carboxylic acids is 2. The van der Waals surface area contributed by atoms with E-state index >= 15 is 0 Å². The summed E-state index contributed by atoms with van der Waals surface area (Å²) in [6, 6.07) is 15.6. The molecule has 3 rings (SSSR count). The summed E-state index contributed by atoms with van der Waals surface area (Å²) in [5.74, 6) is -0.769. The normalized spacial score (nSPS) is 17.9. The van der Waals surface area contributed by atoms with Gasteiger partial charge >= 0.3 is 0 Å². The van der Waals surface area contributed by atoms with Gasteiger partial charge in [0.05, 0.1) is 24.3 Å². The number of aliphatic hydroxyl groups is 1. The lowest BCUT2D eigenvalue weighted by molar-refractivity contribution is -0.140. The summed E-state index contributed by atoms with van der Waals surface area (Å²) in [6.07, 6.45) is 1.59. The van der Waals surface area contributed by atoms with Gasteiger partial charge in [0.15, 0.2) is 0 Å². The van der Waals surface area contributed by atoms with Crippen molar-refractivity contribution in [2.75, 3.05) is 19.8 Å². The Bertz CT molecular complexity index is 950. The van der Waals surface area contributed by atoms with Crippen molar-refractivity contribution < 1.29 is 24.2 Å². The molecule has 1 aliphatic heterocycles. The van der Waals surface area contributed by atoms with Crippen LogP contribution in [0, 0.1) is 0 Å². The van der Waals surface area contributed by atoms with Crippen LogP contribution in [0.15, 0.2) is 60.2 Å². The second-order valence-corrected chi connectivity index (χ2v) is 8.05. The third-order valence-corrected chi connectivity index (χ3v) is 5.25. The summed E-state index contributed by atoms with van der Waals surface area (Å²) in [4.78, 5) is 27.4. The number of ketones is 1. The molecule has 1 heterocycles. The number of rotatable bonds is 10. The number of ether oxygens (including phenoxy) is 2. The van der Waals surface area contributed by atoms with Crippen LogP contribution in [0.5, 0.6) is 5.75 Å². The van der Waals surface area contributed by atoms with Crippen molar-refractivity contribution in [3.63, 3.8) is 0 Å². The van der Waals surface area contributed by atoms with Gasteiger partial charge in [-0.2, -0.15) is 0 Å². The fraction of sp³-hybridized carbons (Fsp3) is 0.385. The predicted molar refractivity (Wildman–Crippen MR) is 123 cm³/mol. The van der Waals surface area contributed by atoms with Gasteiger partial charge in [-0.25, -0.2) is 0 Å². The van der Waals surface area contributed by atoms with E-state index in [9.17, 15) is 14.7 Å². The van der Waals surface area contributed by atoms with Crippen LogP contribution < -0.4 is 4.74 Å². The fourth-order valence-electron chi connectivity index (χ4n) is 3.73. The molecule has 0 aliphatic carbocycles. The molecule has 1 unspecified atom stereocenters. The molecule has 170 valence electrons. The largest absolute Gasteiger partial charge is 0.507 e. The van der Waals surface area contributed by atoms with Crippen LogP contribution in [0.1, 0.15) is 50.8 Å². The number of Topliss-reactive ketones (excluding diaryl/α,β-unsaturated/α-hetero) is 1. The Morgan fingerprint density at radius 1 is 1.03 bits per heavy atom. The smallest absolute Gasteiger partial charge is 0.295 e. The Kier molecular flexibility index (Phi) is 8.06. The van der Waals surface area contributed by atoms with E-state index in [1.165, 1.54) is 4.90 Å². The van der Waals surface area contributed by atoms with Gasteiger partial charge in [0.2, 0.25) is 0 Å². The van der Waals surface area contributed by atoms with Gasteiger partial charge in [0.1, 0.15) is 11.5 Å². The van der Waals surface area contributed by atoms with Crippen molar-refractivity contribution in [2.45, 2.75) is 45.8 Å². The molecule has 0 aromatic heterocycles. The summed E-state index contributed by atoms with van der Waals surface area (Å²) in [5, 5.41) is 11.1. The first kappa shape index (κ1) is 23.5. The van der Waals surface area contributed by atoms with Crippen molar-refractivity contribution in [2.24, 2.45) is 0 Å². The van der Waals surface area contributed by atoms with E-state index in [4.69, 9.17) is 9.47 Å². The zero-order chi connectivity index (χ0) is 23.1. The molecule has 0 radical (unpaired) electrons. The monoisotopic (exact) mass is 437 g/mol. The maximum Gasteiger partial charge on any atom is 0.295 e. The van der Waals surface area contributed by atoms with E-state index in [0.29, 0.717) is 37.5 Å². The molecule has 32 heavy (non-hydrogen) atoms. The number of benzene rings is 2. The SMILES string of the molecule is CCCOc1ccc(/C(O)=C2/C(=O)C(=O)N(CCCOC(C)C)C2c2ccccc2)cc1. The molecule has 2 aromatic carbocycles. The van der Waals surface area contributed by atoms with Crippen molar-refractivity contribution >= 4 is 17.4 Å². The Morgan fingerprint density at radius 3 is 2.34 bits per heavy atom. The maximum absolute atomic E-state index is 13.0. The number of aliphatic hydroxyl groups excluding tert-OH is 1. The highest BCUT2D eigenvalue weighted by atomic mass is 16.5. The molecule has 6 nitrogen and oxygen atoms in total. The molecule has 0 bridgehead atoms. The summed E-state index contributed by atoms with van der Waals surface area (Å²) >= 11 is 0. The molecule has 1 aliphatic rings. The van der Waals surface area contributed by atoms with Crippen LogP contribution in [0.3, 0.4) is 0 Å². The third-order valence-electron chi connectivity index (χ3n) is 5.25. The summed E-state index contributed by atoms with van der Waals surface area (Å²) in [5.41, 5.74) is 1.35. The Labute approximate surface area is 189 Å². The number of nitrogens with zero attached hydrogens (tertiary/aromatic N) is 1. The molecule has 2 aromatic rings. The van der Waals surface area contributed by atoms with Crippen LogP contribution in [0.25, 0.3) is 5.76 Å². The van der Waals surface area contributed by atoms with Gasteiger partial charge in [-0.1, -0.05) is 37.3 Å². The lowest BCUT2D eigenvalue weighted by Gasteiger charge is -2.25. The van der Waals surface area contributed by atoms with E-state index in [1.54, 1.807) is 24.3 Å². The topological polar surface area (TPSA) is 76.1 Å². The van der Waals surface area contributed by atoms with Crippen LogP contribution in [-0.2, 0) is 14.3 Å². The first-order valence-corrected chi connectivity index (χ1v) is 11.1. The molecule has 1 N–H and O–H groups in total. The minimum absolute atomic E-state index is 0.0969. The average molecular weight is 438 g/mol. The fourth-order valence-corrected chi connectivity index (χ4v) is 3.73. The van der Waals surface area contributed by atoms with Crippen LogP contribution in [0.2, 0.25) is 0 Å². The highest BCUT2D eigenvalue weighted by Crippen LogP contribution is 2.39. The number of amides is 1. The molecule has 1 fully saturated rings. The van der Waals surface area contributed by atoms with Gasteiger partial charge < -0.3 is 19.5 Å². The first-order valence-electron chi connectivity index (χ1n) is 11.1. The van der Waals surface area contributed by atoms with Gasteiger partial charge in [0, 0.05) is 18.7 Å². The lowest BCUT2D eigenvalue weighted by atomic mass is 9.95. The van der Waals surface area contributed by atoms with E-state index < -0.39 is 17.7 Å². The number of hydrogen-bond donors (Lipinski definition) is 1. The van der Waals surface area contributed by atoms with E-state index in [-0.39, 0.29) is 17.4 Å². The van der Waals surface area contributed by atoms with Crippen molar-refractivity contribution in [3.8, 4) is 5.75 Å². The first-order chi connectivity index (χ1) is 15.4. The van der Waals surface area contributed by atoms with Crippen molar-refractivity contribution in [3.05, 3.63) is 71.3 Å². The van der Waals surface area contributed by atoms with Gasteiger partial charge in [-0.3, -0.25) is 9.59 Å². The van der Waals surface area contributed by atoms with E-state index in [1.807, 2.05) is 51.1 Å². The highest BCUT2D eigenvalue weighted by Gasteiger charge is 2.45. The molecule has 0 spiro atoms. The second-order valence-electron chi connectivity index (χ2n) is 8.05. The number of hydrogen-bond acceptors (Lipinski definition) is 5. The quantitative estimate of drug-likeness (QED) is 0.252. The Balaban J connectivity index is 1.94. The van der Waals surface area contributed by atoms with Gasteiger partial charge in [-0.15, -0.1) is 0 Å². The Hall–Kier alpha value is -3.12. The summed E-state index contributed by atoms with van der Waals surface area (Å²) in [7, 11) is 0. The lowest BCUT2D eigenvalue weighted by Crippen LogP contribution is -2.31. The molecule has 1 atom stereocenters. The Morgan fingerprint density at radius 2 is 1.72 bits per heavy atom. The molecule has 0 saturated carbocycles. The molecular weight excluding hydrogens is 406 g/mol. The minimum atomic E-state index is -0.674. The molecular formula is C26H31NO5. The second kappa shape index (κ2) is 11.0.